The third kappa shape index (κ3) is 2.37. The van der Waals surface area contributed by atoms with Gasteiger partial charge in [0.1, 0.15) is 5.82 Å². The molecule has 2 unspecified atom stereocenters. The molecule has 3 atom stereocenters. The van der Waals surface area contributed by atoms with Crippen LogP contribution in [0.5, 0.6) is 0 Å². The molecule has 18 heavy (non-hydrogen) atoms. The topological polar surface area (TPSA) is 23.5 Å². The molecule has 1 saturated heterocycles. The Morgan fingerprint density at radius 2 is 1.83 bits per heavy atom. The number of hydrogen-bond acceptors (Lipinski definition) is 2. The van der Waals surface area contributed by atoms with E-state index in [9.17, 15) is 9.50 Å². The Hall–Kier alpha value is -1.09. The molecule has 0 bridgehead atoms. The van der Waals surface area contributed by atoms with E-state index in [4.69, 9.17) is 0 Å². The Morgan fingerprint density at radius 3 is 2.33 bits per heavy atom. The molecule has 0 spiro atoms. The smallest absolute Gasteiger partial charge is 0.126 e. The Balaban J connectivity index is 2.40. The molecule has 0 aliphatic carbocycles. The summed E-state index contributed by atoms with van der Waals surface area (Å²) in [4.78, 5) is 2.27. The standard InChI is InChI=1S/C15H22FNO/c1-9-5-15(13(12(4)18)6-14(9)16)17-7-10(2)11(3)8-17/h5-6,10-12,18H,7-8H2,1-4H3/t10?,11?,12-/m0/s1. The highest BCUT2D eigenvalue weighted by molar-refractivity contribution is 5.57. The molecule has 1 fully saturated rings. The number of hydrogen-bond donors (Lipinski definition) is 1. The van der Waals surface area contributed by atoms with Gasteiger partial charge in [-0.25, -0.2) is 4.39 Å². The first-order chi connectivity index (χ1) is 8.40. The maximum Gasteiger partial charge on any atom is 0.126 e. The fourth-order valence-corrected chi connectivity index (χ4v) is 2.62. The molecule has 1 aliphatic heterocycles. The Bertz CT molecular complexity index is 434. The molecule has 0 radical (unpaired) electrons. The van der Waals surface area contributed by atoms with Gasteiger partial charge in [-0.2, -0.15) is 0 Å². The predicted molar refractivity (Wildman–Crippen MR) is 72.3 cm³/mol. The summed E-state index contributed by atoms with van der Waals surface area (Å²) in [6, 6.07) is 3.34. The third-order valence-electron chi connectivity index (χ3n) is 4.09. The molecule has 1 aliphatic rings. The molecular formula is C15H22FNO. The molecule has 1 heterocycles. The SMILES string of the molecule is Cc1cc(N2CC(C)C(C)C2)c([C@H](C)O)cc1F. The van der Waals surface area contributed by atoms with E-state index < -0.39 is 6.10 Å². The fraction of sp³-hybridized carbons (Fsp3) is 0.600. The second-order valence-corrected chi connectivity index (χ2v) is 5.70. The monoisotopic (exact) mass is 251 g/mol. The average Bonchev–Trinajstić information content (AvgIpc) is 2.62. The summed E-state index contributed by atoms with van der Waals surface area (Å²) in [5.74, 6) is 1.03. The average molecular weight is 251 g/mol. The minimum atomic E-state index is -0.638. The van der Waals surface area contributed by atoms with Gasteiger partial charge >= 0.3 is 0 Å². The highest BCUT2D eigenvalue weighted by atomic mass is 19.1. The van der Waals surface area contributed by atoms with Crippen LogP contribution in [0.3, 0.4) is 0 Å². The molecule has 0 aromatic heterocycles. The lowest BCUT2D eigenvalue weighted by Gasteiger charge is -2.24. The van der Waals surface area contributed by atoms with Gasteiger partial charge in [-0.3, -0.25) is 0 Å². The summed E-state index contributed by atoms with van der Waals surface area (Å²) >= 11 is 0. The first-order valence-corrected chi connectivity index (χ1v) is 6.63. The van der Waals surface area contributed by atoms with Crippen molar-refractivity contribution in [2.24, 2.45) is 11.8 Å². The Kier molecular flexibility index (Phi) is 3.62. The predicted octanol–water partition coefficient (Wildman–Crippen LogP) is 3.28. The van der Waals surface area contributed by atoms with Crippen molar-refractivity contribution < 1.29 is 9.50 Å². The zero-order valence-electron chi connectivity index (χ0n) is 11.6. The number of halogens is 1. The number of aliphatic hydroxyl groups excluding tert-OH is 1. The van der Waals surface area contributed by atoms with Gasteiger partial charge in [-0.05, 0) is 43.4 Å². The first kappa shape index (κ1) is 13.3. The van der Waals surface area contributed by atoms with Crippen LogP contribution < -0.4 is 4.90 Å². The van der Waals surface area contributed by atoms with Crippen LogP contribution in [0.4, 0.5) is 10.1 Å². The minimum Gasteiger partial charge on any atom is -0.389 e. The minimum absolute atomic E-state index is 0.241. The molecule has 3 heteroatoms. The number of nitrogens with zero attached hydrogens (tertiary/aromatic N) is 1. The molecule has 1 N–H and O–H groups in total. The highest BCUT2D eigenvalue weighted by Crippen LogP contribution is 2.34. The lowest BCUT2D eigenvalue weighted by Crippen LogP contribution is -2.22. The number of aliphatic hydroxyl groups is 1. The van der Waals surface area contributed by atoms with Crippen LogP contribution >= 0.6 is 0 Å². The van der Waals surface area contributed by atoms with Crippen LogP contribution in [0.25, 0.3) is 0 Å². The summed E-state index contributed by atoms with van der Waals surface area (Å²) in [5.41, 5.74) is 2.32. The van der Waals surface area contributed by atoms with Crippen molar-refractivity contribution in [1.29, 1.82) is 0 Å². The van der Waals surface area contributed by atoms with Crippen molar-refractivity contribution in [3.63, 3.8) is 0 Å². The van der Waals surface area contributed by atoms with Crippen molar-refractivity contribution in [3.8, 4) is 0 Å². The number of rotatable bonds is 2. The molecule has 0 saturated carbocycles. The summed E-state index contributed by atoms with van der Waals surface area (Å²) in [6.07, 6.45) is -0.638. The van der Waals surface area contributed by atoms with E-state index >= 15 is 0 Å². The second kappa shape index (κ2) is 4.88. The summed E-state index contributed by atoms with van der Waals surface area (Å²) < 4.78 is 13.6. The van der Waals surface area contributed by atoms with Gasteiger partial charge < -0.3 is 10.0 Å². The molecule has 100 valence electrons. The normalized spacial score (nSPS) is 25.6. The quantitative estimate of drug-likeness (QED) is 0.872. The lowest BCUT2D eigenvalue weighted by molar-refractivity contribution is 0.199. The van der Waals surface area contributed by atoms with E-state index in [0.29, 0.717) is 23.0 Å². The number of benzene rings is 1. The van der Waals surface area contributed by atoms with Crippen molar-refractivity contribution in [3.05, 3.63) is 29.1 Å². The molecule has 2 nitrogen and oxygen atoms in total. The van der Waals surface area contributed by atoms with E-state index in [1.807, 2.05) is 6.07 Å². The molecule has 2 rings (SSSR count). The van der Waals surface area contributed by atoms with Gasteiger partial charge in [0.05, 0.1) is 6.10 Å². The van der Waals surface area contributed by atoms with Gasteiger partial charge in [0.2, 0.25) is 0 Å². The van der Waals surface area contributed by atoms with Crippen LogP contribution in [0.15, 0.2) is 12.1 Å². The van der Waals surface area contributed by atoms with Crippen molar-refractivity contribution >= 4 is 5.69 Å². The highest BCUT2D eigenvalue weighted by Gasteiger charge is 2.28. The van der Waals surface area contributed by atoms with E-state index in [-0.39, 0.29) is 5.82 Å². The summed E-state index contributed by atoms with van der Waals surface area (Å²) in [5, 5.41) is 9.82. The number of anilines is 1. The van der Waals surface area contributed by atoms with Crippen LogP contribution in [-0.2, 0) is 0 Å². The zero-order chi connectivity index (χ0) is 13.4. The lowest BCUT2D eigenvalue weighted by atomic mass is 10.0. The molecule has 1 aromatic carbocycles. The van der Waals surface area contributed by atoms with Gasteiger partial charge in [0, 0.05) is 24.3 Å². The van der Waals surface area contributed by atoms with Crippen LogP contribution in [0.1, 0.15) is 38.0 Å². The molecular weight excluding hydrogens is 229 g/mol. The third-order valence-corrected chi connectivity index (χ3v) is 4.09. The van der Waals surface area contributed by atoms with E-state index in [1.165, 1.54) is 6.07 Å². The van der Waals surface area contributed by atoms with Crippen LogP contribution in [-0.4, -0.2) is 18.2 Å². The first-order valence-electron chi connectivity index (χ1n) is 6.63. The largest absolute Gasteiger partial charge is 0.389 e. The fourth-order valence-electron chi connectivity index (χ4n) is 2.62. The van der Waals surface area contributed by atoms with Gasteiger partial charge in [0.15, 0.2) is 0 Å². The summed E-state index contributed by atoms with van der Waals surface area (Å²) in [7, 11) is 0. The maximum atomic E-state index is 13.6. The van der Waals surface area contributed by atoms with Gasteiger partial charge in [-0.15, -0.1) is 0 Å². The number of aryl methyl sites for hydroxylation is 1. The Labute approximate surface area is 108 Å². The van der Waals surface area contributed by atoms with Crippen LogP contribution in [0.2, 0.25) is 0 Å². The molecule has 0 amide bonds. The van der Waals surface area contributed by atoms with E-state index in [0.717, 1.165) is 18.8 Å². The Morgan fingerprint density at radius 1 is 1.28 bits per heavy atom. The van der Waals surface area contributed by atoms with E-state index in [2.05, 4.69) is 18.7 Å². The van der Waals surface area contributed by atoms with E-state index in [1.54, 1.807) is 13.8 Å². The van der Waals surface area contributed by atoms with Crippen molar-refractivity contribution in [2.45, 2.75) is 33.8 Å². The maximum absolute atomic E-state index is 13.6. The van der Waals surface area contributed by atoms with Gasteiger partial charge in [-0.1, -0.05) is 13.8 Å². The van der Waals surface area contributed by atoms with Gasteiger partial charge in [0.25, 0.3) is 0 Å². The zero-order valence-corrected chi connectivity index (χ0v) is 11.6. The van der Waals surface area contributed by atoms with Crippen molar-refractivity contribution in [2.75, 3.05) is 18.0 Å². The van der Waals surface area contributed by atoms with Crippen LogP contribution in [0, 0.1) is 24.6 Å². The van der Waals surface area contributed by atoms with Crippen molar-refractivity contribution in [1.82, 2.24) is 0 Å². The summed E-state index contributed by atoms with van der Waals surface area (Å²) in [6.45, 7) is 9.90. The second-order valence-electron chi connectivity index (χ2n) is 5.70. The molecule has 1 aromatic rings.